The van der Waals surface area contributed by atoms with Crippen molar-refractivity contribution in [2.75, 3.05) is 33.5 Å². The lowest BCUT2D eigenvalue weighted by molar-refractivity contribution is -0.277. The second-order valence-corrected chi connectivity index (χ2v) is 7.57. The molecule has 0 bridgehead atoms. The third-order valence-corrected chi connectivity index (χ3v) is 5.04. The number of ether oxygens (including phenoxy) is 3. The smallest absolute Gasteiger partial charge is 0.316 e. The Kier molecular flexibility index (Phi) is 6.63. The molecule has 0 saturated carbocycles. The number of rotatable bonds is 7. The number of amides is 1. The number of aromatic nitrogens is 4. The largest absolute Gasteiger partial charge is 0.467 e. The molecule has 3 aromatic rings. The van der Waals surface area contributed by atoms with Crippen molar-refractivity contribution < 1.29 is 28.5 Å². The molecule has 1 aromatic carbocycles. The van der Waals surface area contributed by atoms with Gasteiger partial charge in [-0.05, 0) is 30.3 Å². The predicted octanol–water partition coefficient (Wildman–Crippen LogP) is 1.63. The van der Waals surface area contributed by atoms with Crippen molar-refractivity contribution >= 4 is 5.91 Å². The van der Waals surface area contributed by atoms with Gasteiger partial charge in [0.1, 0.15) is 5.82 Å². The Labute approximate surface area is 189 Å². The lowest BCUT2D eigenvalue weighted by atomic mass is 10.1. The van der Waals surface area contributed by atoms with Gasteiger partial charge in [0.2, 0.25) is 0 Å². The van der Waals surface area contributed by atoms with Crippen LogP contribution in [0.15, 0.2) is 36.5 Å². The maximum atomic E-state index is 13.6. The van der Waals surface area contributed by atoms with Gasteiger partial charge in [0.15, 0.2) is 5.82 Å². The second-order valence-electron chi connectivity index (χ2n) is 7.57. The van der Waals surface area contributed by atoms with E-state index in [-0.39, 0.29) is 44.1 Å². The second kappa shape index (κ2) is 9.61. The summed E-state index contributed by atoms with van der Waals surface area (Å²) >= 11 is 0. The molecule has 33 heavy (non-hydrogen) atoms. The molecule has 1 aliphatic rings. The van der Waals surface area contributed by atoms with Crippen LogP contribution in [-0.2, 0) is 20.1 Å². The van der Waals surface area contributed by atoms with Crippen LogP contribution >= 0.6 is 0 Å². The van der Waals surface area contributed by atoms with E-state index in [4.69, 9.17) is 19.3 Å². The van der Waals surface area contributed by atoms with E-state index in [0.29, 0.717) is 22.6 Å². The monoisotopic (exact) mass is 457 g/mol. The highest BCUT2D eigenvalue weighted by atomic mass is 19.1. The van der Waals surface area contributed by atoms with Crippen LogP contribution in [0.25, 0.3) is 22.6 Å². The summed E-state index contributed by atoms with van der Waals surface area (Å²) < 4.78 is 30.5. The molecule has 1 aliphatic heterocycles. The Bertz CT molecular complexity index is 1110. The lowest BCUT2D eigenvalue weighted by Crippen LogP contribution is -2.53. The fourth-order valence-electron chi connectivity index (χ4n) is 3.38. The van der Waals surface area contributed by atoms with Crippen molar-refractivity contribution in [3.05, 3.63) is 48.2 Å². The van der Waals surface area contributed by atoms with Crippen molar-refractivity contribution in [3.63, 3.8) is 0 Å². The minimum atomic E-state index is -1.86. The number of hydrogen-bond donors (Lipinski definition) is 3. The van der Waals surface area contributed by atoms with Gasteiger partial charge in [-0.2, -0.15) is 4.98 Å². The lowest BCUT2D eigenvalue weighted by Gasteiger charge is -2.36. The molecule has 3 heterocycles. The summed E-state index contributed by atoms with van der Waals surface area (Å²) in [5.41, 5.74) is 1.87. The number of carbonyl (C=O) groups excluding carboxylic acids is 1. The number of methoxy groups -OCH3 is 1. The number of benzene rings is 1. The molecule has 1 saturated heterocycles. The average Bonchev–Trinajstić information content (AvgIpc) is 3.29. The Morgan fingerprint density at radius 3 is 2.67 bits per heavy atom. The molecule has 10 nitrogen and oxygen atoms in total. The average molecular weight is 457 g/mol. The van der Waals surface area contributed by atoms with Crippen LogP contribution < -0.4 is 10.1 Å². The normalized spacial score (nSPS) is 20.4. The van der Waals surface area contributed by atoms with Gasteiger partial charge in [0.25, 0.3) is 5.91 Å². The van der Waals surface area contributed by atoms with Gasteiger partial charge in [-0.1, -0.05) is 6.92 Å². The summed E-state index contributed by atoms with van der Waals surface area (Å²) in [6, 6.07) is 7.56. The molecule has 0 radical (unpaired) electrons. The number of carbonyl (C=O) groups is 1. The predicted molar refractivity (Wildman–Crippen MR) is 114 cm³/mol. The number of aliphatic hydroxyl groups is 1. The molecule has 0 aliphatic carbocycles. The quantitative estimate of drug-likeness (QED) is 0.488. The SMILES string of the molecule is COc1nccc(-c2[nH]c(C3(C(=O)NCCO)OCC(C)CO3)nc2-c2ccc(F)cc2)n1. The van der Waals surface area contributed by atoms with E-state index in [9.17, 15) is 9.18 Å². The number of halogens is 1. The summed E-state index contributed by atoms with van der Waals surface area (Å²) in [6.45, 7) is 2.22. The maximum Gasteiger partial charge on any atom is 0.316 e. The molecule has 0 atom stereocenters. The molecule has 11 heteroatoms. The van der Waals surface area contributed by atoms with E-state index in [1.807, 2.05) is 6.92 Å². The molecular formula is C22H24FN5O5. The standard InChI is InChI=1S/C22H24FN5O5/c1-13-11-32-22(33-12-13,20(30)24-9-10-29)19-27-17(14-3-5-15(23)6-4-14)18(28-19)16-7-8-25-21(26-16)31-2/h3-8,13,29H,9-12H2,1-2H3,(H,24,30)(H,27,28). The maximum absolute atomic E-state index is 13.6. The number of H-pyrrole nitrogens is 1. The van der Waals surface area contributed by atoms with Gasteiger partial charge < -0.3 is 29.6 Å². The fourth-order valence-corrected chi connectivity index (χ4v) is 3.38. The number of nitrogens with one attached hydrogen (secondary N) is 2. The first-order chi connectivity index (χ1) is 16.0. The summed E-state index contributed by atoms with van der Waals surface area (Å²) in [4.78, 5) is 29.2. The van der Waals surface area contributed by atoms with Crippen LogP contribution in [0.5, 0.6) is 6.01 Å². The molecule has 2 aromatic heterocycles. The van der Waals surface area contributed by atoms with Crippen LogP contribution in [0.4, 0.5) is 4.39 Å². The summed E-state index contributed by atoms with van der Waals surface area (Å²) in [5, 5.41) is 11.7. The van der Waals surface area contributed by atoms with E-state index in [2.05, 4.69) is 25.3 Å². The first-order valence-electron chi connectivity index (χ1n) is 10.4. The van der Waals surface area contributed by atoms with Crippen LogP contribution in [0.2, 0.25) is 0 Å². The van der Waals surface area contributed by atoms with Crippen molar-refractivity contribution in [1.29, 1.82) is 0 Å². The minimum Gasteiger partial charge on any atom is -0.467 e. The Hall–Kier alpha value is -3.41. The molecule has 0 unspecified atom stereocenters. The van der Waals surface area contributed by atoms with Crippen molar-refractivity contribution in [2.24, 2.45) is 5.92 Å². The molecule has 0 spiro atoms. The third-order valence-electron chi connectivity index (χ3n) is 5.04. The highest BCUT2D eigenvalue weighted by molar-refractivity contribution is 5.85. The topological polar surface area (TPSA) is 131 Å². The number of nitrogens with zero attached hydrogens (tertiary/aromatic N) is 3. The van der Waals surface area contributed by atoms with Crippen LogP contribution in [0.1, 0.15) is 12.7 Å². The number of aliphatic hydroxyl groups excluding tert-OH is 1. The van der Waals surface area contributed by atoms with Gasteiger partial charge in [-0.15, -0.1) is 0 Å². The van der Waals surface area contributed by atoms with E-state index in [1.54, 1.807) is 18.2 Å². The zero-order valence-corrected chi connectivity index (χ0v) is 18.2. The highest BCUT2D eigenvalue weighted by Crippen LogP contribution is 2.37. The molecule has 3 N–H and O–H groups in total. The van der Waals surface area contributed by atoms with E-state index >= 15 is 0 Å². The van der Waals surface area contributed by atoms with Gasteiger partial charge in [0.05, 0.1) is 44.0 Å². The fraction of sp³-hybridized carbons (Fsp3) is 0.364. The van der Waals surface area contributed by atoms with Crippen molar-refractivity contribution in [2.45, 2.75) is 12.7 Å². The molecule has 4 rings (SSSR count). The zero-order valence-electron chi connectivity index (χ0n) is 18.2. The highest BCUT2D eigenvalue weighted by Gasteiger charge is 2.49. The summed E-state index contributed by atoms with van der Waals surface area (Å²) in [7, 11) is 1.45. The minimum absolute atomic E-state index is 0.0182. The molecule has 1 fully saturated rings. The van der Waals surface area contributed by atoms with Gasteiger partial charge in [-0.3, -0.25) is 4.79 Å². The zero-order chi connectivity index (χ0) is 23.4. The van der Waals surface area contributed by atoms with Crippen LogP contribution in [0.3, 0.4) is 0 Å². The first-order valence-corrected chi connectivity index (χ1v) is 10.4. The van der Waals surface area contributed by atoms with Crippen molar-refractivity contribution in [1.82, 2.24) is 25.3 Å². The van der Waals surface area contributed by atoms with E-state index < -0.39 is 17.5 Å². The number of hydrogen-bond acceptors (Lipinski definition) is 8. The van der Waals surface area contributed by atoms with Crippen molar-refractivity contribution in [3.8, 4) is 28.7 Å². The van der Waals surface area contributed by atoms with Crippen LogP contribution in [0, 0.1) is 11.7 Å². The van der Waals surface area contributed by atoms with Gasteiger partial charge >= 0.3 is 11.8 Å². The summed E-state index contributed by atoms with van der Waals surface area (Å²) in [5.74, 6) is -2.69. The summed E-state index contributed by atoms with van der Waals surface area (Å²) in [6.07, 6.45) is 1.52. The van der Waals surface area contributed by atoms with E-state index in [0.717, 1.165) is 0 Å². The molecular weight excluding hydrogens is 433 g/mol. The Balaban J connectivity index is 1.86. The van der Waals surface area contributed by atoms with Gasteiger partial charge in [-0.25, -0.2) is 14.4 Å². The van der Waals surface area contributed by atoms with Gasteiger partial charge in [0, 0.05) is 24.2 Å². The Morgan fingerprint density at radius 2 is 2.00 bits per heavy atom. The molecule has 1 amide bonds. The number of imidazole rings is 1. The Morgan fingerprint density at radius 1 is 1.27 bits per heavy atom. The number of aromatic amines is 1. The van der Waals surface area contributed by atoms with E-state index in [1.165, 1.54) is 25.4 Å². The third kappa shape index (κ3) is 4.56. The van der Waals surface area contributed by atoms with Crippen LogP contribution in [-0.4, -0.2) is 64.4 Å². The first kappa shape index (κ1) is 22.8. The molecule has 174 valence electrons.